The van der Waals surface area contributed by atoms with Crippen LogP contribution >= 0.6 is 0 Å². The van der Waals surface area contributed by atoms with E-state index in [1.807, 2.05) is 61.7 Å². The number of hydrogen-bond acceptors (Lipinski definition) is 2. The fourth-order valence-corrected chi connectivity index (χ4v) is 3.21. The zero-order valence-corrected chi connectivity index (χ0v) is 21.0. The number of aromatic nitrogens is 2. The van der Waals surface area contributed by atoms with Gasteiger partial charge in [-0.3, -0.25) is 4.39 Å². The molecule has 0 saturated carbocycles. The molecule has 0 aliphatic rings. The maximum Gasteiger partial charge on any atom is 0.108 e. The Morgan fingerprint density at radius 1 is 0.714 bits per heavy atom. The van der Waals surface area contributed by atoms with Crippen molar-refractivity contribution in [1.82, 2.24) is 9.97 Å². The normalized spacial score (nSPS) is 10.1. The average Bonchev–Trinajstić information content (AvgIpc) is 2.89. The molecule has 0 amide bonds. The van der Waals surface area contributed by atoms with Gasteiger partial charge in [0, 0.05) is 32.5 Å². The zero-order valence-electron chi connectivity index (χ0n) is 18.6. The fraction of sp³-hybridized carbons (Fsp3) is 0.0345. The Balaban J connectivity index is 0.000000192. The molecule has 5 rings (SSSR count). The third-order valence-corrected chi connectivity index (χ3v) is 4.96. The van der Waals surface area contributed by atoms with Gasteiger partial charge in [0.2, 0.25) is 0 Å². The van der Waals surface area contributed by atoms with E-state index in [1.165, 1.54) is 11.1 Å². The maximum absolute atomic E-state index is 12.9. The molecule has 2 heterocycles. The van der Waals surface area contributed by atoms with E-state index < -0.39 is 17.5 Å². The van der Waals surface area contributed by atoms with Crippen molar-refractivity contribution in [3.05, 3.63) is 132 Å². The number of nitrogens with zero attached hydrogens (tertiary/aromatic N) is 2. The van der Waals surface area contributed by atoms with Crippen LogP contribution in [0.3, 0.4) is 0 Å². The van der Waals surface area contributed by atoms with Crippen molar-refractivity contribution in [2.75, 3.05) is 0 Å². The SMILES string of the molecule is Cc1ccc(-c2[c-]c(F)c(F)c(F)c2)nc1.[Ir].[c-]1ccccc1-c1cc(-c2ccccc2)ccn1. The van der Waals surface area contributed by atoms with Gasteiger partial charge in [-0.15, -0.1) is 53.6 Å². The molecular weight excluding hydrogens is 626 g/mol. The van der Waals surface area contributed by atoms with Gasteiger partial charge >= 0.3 is 0 Å². The van der Waals surface area contributed by atoms with Gasteiger partial charge in [-0.1, -0.05) is 48.5 Å². The van der Waals surface area contributed by atoms with Crippen LogP contribution in [-0.2, 0) is 20.1 Å². The van der Waals surface area contributed by atoms with Gasteiger partial charge in [0.25, 0.3) is 0 Å². The number of aryl methyl sites for hydroxylation is 1. The molecule has 0 bridgehead atoms. The maximum atomic E-state index is 12.9. The molecule has 0 atom stereocenters. The second-order valence-corrected chi connectivity index (χ2v) is 7.45. The van der Waals surface area contributed by atoms with E-state index >= 15 is 0 Å². The Morgan fingerprint density at radius 2 is 1.49 bits per heavy atom. The summed E-state index contributed by atoms with van der Waals surface area (Å²) in [6, 6.07) is 31.9. The molecule has 6 heteroatoms. The molecule has 2 nitrogen and oxygen atoms in total. The van der Waals surface area contributed by atoms with Crippen LogP contribution in [0.4, 0.5) is 13.2 Å². The van der Waals surface area contributed by atoms with E-state index in [4.69, 9.17) is 0 Å². The third-order valence-electron chi connectivity index (χ3n) is 4.96. The van der Waals surface area contributed by atoms with Crippen LogP contribution < -0.4 is 0 Å². The molecule has 0 unspecified atom stereocenters. The Hall–Kier alpha value is -3.60. The molecular formula is C29H19F3IrN2-2. The molecule has 35 heavy (non-hydrogen) atoms. The summed E-state index contributed by atoms with van der Waals surface area (Å²) in [6.45, 7) is 1.84. The summed E-state index contributed by atoms with van der Waals surface area (Å²) < 4.78 is 38.5. The molecule has 2 aromatic heterocycles. The minimum absolute atomic E-state index is 0. The second kappa shape index (κ2) is 12.2. The summed E-state index contributed by atoms with van der Waals surface area (Å²) in [7, 11) is 0. The average molecular weight is 645 g/mol. The second-order valence-electron chi connectivity index (χ2n) is 7.45. The topological polar surface area (TPSA) is 25.8 Å². The van der Waals surface area contributed by atoms with Crippen LogP contribution in [0.15, 0.2) is 97.3 Å². The molecule has 5 aromatic rings. The van der Waals surface area contributed by atoms with E-state index in [9.17, 15) is 13.2 Å². The molecule has 177 valence electrons. The standard InChI is InChI=1S/C17H12N.C12H7F3N.Ir/c1-3-7-14(8-4-1)16-11-12-18-17(13-16)15-9-5-2-6-10-15;1-7-2-3-11(16-6-7)8-4-9(13)12(15)10(14)5-8;/h1-9,11-13H;2-4,6H,1H3;/q2*-1;. The molecule has 0 saturated heterocycles. The van der Waals surface area contributed by atoms with Crippen molar-refractivity contribution < 1.29 is 33.3 Å². The number of halogens is 3. The fourth-order valence-electron chi connectivity index (χ4n) is 3.21. The van der Waals surface area contributed by atoms with E-state index in [-0.39, 0.29) is 25.7 Å². The molecule has 1 radical (unpaired) electrons. The van der Waals surface area contributed by atoms with E-state index in [0.29, 0.717) is 5.69 Å². The molecule has 0 fully saturated rings. The number of pyridine rings is 2. The number of hydrogen-bond donors (Lipinski definition) is 0. The molecule has 0 aliphatic heterocycles. The third kappa shape index (κ3) is 6.72. The van der Waals surface area contributed by atoms with Gasteiger partial charge in [0.05, 0.1) is 11.6 Å². The minimum Gasteiger partial charge on any atom is -0.305 e. The summed E-state index contributed by atoms with van der Waals surface area (Å²) in [5, 5.41) is 0. The first-order valence-electron chi connectivity index (χ1n) is 10.5. The van der Waals surface area contributed by atoms with Gasteiger partial charge in [0.1, 0.15) is 5.82 Å². The van der Waals surface area contributed by atoms with Crippen molar-refractivity contribution >= 4 is 0 Å². The van der Waals surface area contributed by atoms with Crippen molar-refractivity contribution in [3.63, 3.8) is 0 Å². The summed E-state index contributed by atoms with van der Waals surface area (Å²) in [4.78, 5) is 8.38. The predicted octanol–water partition coefficient (Wildman–Crippen LogP) is 7.49. The Bertz CT molecular complexity index is 1300. The number of rotatable bonds is 3. The zero-order chi connectivity index (χ0) is 23.9. The largest absolute Gasteiger partial charge is 0.305 e. The minimum atomic E-state index is -1.52. The van der Waals surface area contributed by atoms with Crippen molar-refractivity contribution in [2.45, 2.75) is 6.92 Å². The summed E-state index contributed by atoms with van der Waals surface area (Å²) >= 11 is 0. The first-order valence-corrected chi connectivity index (χ1v) is 10.5. The Kier molecular flexibility index (Phi) is 9.07. The van der Waals surface area contributed by atoms with E-state index in [1.54, 1.807) is 18.3 Å². The number of benzene rings is 3. The van der Waals surface area contributed by atoms with Crippen LogP contribution in [0.25, 0.3) is 33.6 Å². The first-order chi connectivity index (χ1) is 16.5. The van der Waals surface area contributed by atoms with Crippen molar-refractivity contribution in [3.8, 4) is 33.6 Å². The van der Waals surface area contributed by atoms with Crippen LogP contribution in [0.2, 0.25) is 0 Å². The van der Waals surface area contributed by atoms with Gasteiger partial charge < -0.3 is 9.97 Å². The van der Waals surface area contributed by atoms with Gasteiger partial charge in [-0.05, 0) is 41.1 Å². The summed E-state index contributed by atoms with van der Waals surface area (Å²) in [6.07, 6.45) is 3.40. The smallest absolute Gasteiger partial charge is 0.108 e. The Morgan fingerprint density at radius 3 is 2.14 bits per heavy atom. The van der Waals surface area contributed by atoms with Crippen molar-refractivity contribution in [2.24, 2.45) is 0 Å². The van der Waals surface area contributed by atoms with Crippen LogP contribution in [0.1, 0.15) is 5.56 Å². The van der Waals surface area contributed by atoms with Gasteiger partial charge in [0.15, 0.2) is 0 Å². The summed E-state index contributed by atoms with van der Waals surface area (Å²) in [5.41, 5.74) is 5.73. The van der Waals surface area contributed by atoms with E-state index in [2.05, 4.69) is 40.3 Å². The van der Waals surface area contributed by atoms with E-state index in [0.717, 1.165) is 22.9 Å². The molecule has 0 aliphatic carbocycles. The van der Waals surface area contributed by atoms with Crippen molar-refractivity contribution in [1.29, 1.82) is 0 Å². The van der Waals surface area contributed by atoms with Crippen LogP contribution in [-0.4, -0.2) is 9.97 Å². The molecule has 0 N–H and O–H groups in total. The predicted molar refractivity (Wildman–Crippen MR) is 127 cm³/mol. The van der Waals surface area contributed by atoms with Gasteiger partial charge in [-0.2, -0.15) is 0 Å². The quantitative estimate of drug-likeness (QED) is 0.150. The summed E-state index contributed by atoms with van der Waals surface area (Å²) in [5.74, 6) is -4.10. The first kappa shape index (κ1) is 26.0. The molecule has 0 spiro atoms. The molecule has 3 aromatic carbocycles. The Labute approximate surface area is 215 Å². The monoisotopic (exact) mass is 645 g/mol. The van der Waals surface area contributed by atoms with Gasteiger partial charge in [-0.25, -0.2) is 8.78 Å². The van der Waals surface area contributed by atoms with Crippen LogP contribution in [0.5, 0.6) is 0 Å². The van der Waals surface area contributed by atoms with Crippen LogP contribution in [0, 0.1) is 36.5 Å².